The van der Waals surface area contributed by atoms with Gasteiger partial charge in [-0.3, -0.25) is 4.79 Å². The van der Waals surface area contributed by atoms with Crippen LogP contribution in [0.1, 0.15) is 84.5 Å². The molecule has 18 heavy (non-hydrogen) atoms. The van der Waals surface area contributed by atoms with Crippen LogP contribution in [0.25, 0.3) is 0 Å². The van der Waals surface area contributed by atoms with Crippen LogP contribution in [0.15, 0.2) is 0 Å². The van der Waals surface area contributed by atoms with Crippen molar-refractivity contribution in [3.63, 3.8) is 0 Å². The van der Waals surface area contributed by atoms with E-state index < -0.39 is 0 Å². The average Bonchev–Trinajstić information content (AvgIpc) is 2.39. The SMILES string of the molecule is CCCCCCCCCCCCC(C)C(=O)OBr. The lowest BCUT2D eigenvalue weighted by atomic mass is 10.0. The fraction of sp³-hybridized carbons (Fsp3) is 0.933. The molecule has 0 aliphatic heterocycles. The van der Waals surface area contributed by atoms with Gasteiger partial charge in [0.2, 0.25) is 0 Å². The lowest BCUT2D eigenvalue weighted by Gasteiger charge is -2.07. The second-order valence-corrected chi connectivity index (χ2v) is 5.59. The van der Waals surface area contributed by atoms with E-state index in [-0.39, 0.29) is 11.9 Å². The number of rotatable bonds is 12. The average molecular weight is 321 g/mol. The van der Waals surface area contributed by atoms with Gasteiger partial charge in [0.05, 0.1) is 5.92 Å². The number of hydrogen-bond acceptors (Lipinski definition) is 2. The first-order valence-electron chi connectivity index (χ1n) is 7.54. The molecule has 2 nitrogen and oxygen atoms in total. The van der Waals surface area contributed by atoms with E-state index in [0.29, 0.717) is 0 Å². The van der Waals surface area contributed by atoms with Crippen molar-refractivity contribution in [2.45, 2.75) is 84.5 Å². The molecule has 1 unspecified atom stereocenters. The van der Waals surface area contributed by atoms with Gasteiger partial charge in [-0.2, -0.15) is 0 Å². The van der Waals surface area contributed by atoms with E-state index in [1.165, 1.54) is 57.8 Å². The van der Waals surface area contributed by atoms with Gasteiger partial charge in [-0.15, -0.1) is 0 Å². The van der Waals surface area contributed by atoms with Gasteiger partial charge in [0.15, 0.2) is 16.3 Å². The normalized spacial score (nSPS) is 12.4. The van der Waals surface area contributed by atoms with Crippen LogP contribution in [0.4, 0.5) is 0 Å². The van der Waals surface area contributed by atoms with Crippen molar-refractivity contribution >= 4 is 22.2 Å². The zero-order valence-electron chi connectivity index (χ0n) is 12.0. The van der Waals surface area contributed by atoms with E-state index in [0.717, 1.165) is 12.8 Å². The van der Waals surface area contributed by atoms with Gasteiger partial charge in [-0.25, -0.2) is 0 Å². The van der Waals surface area contributed by atoms with Crippen LogP contribution < -0.4 is 0 Å². The van der Waals surface area contributed by atoms with E-state index in [1.54, 1.807) is 0 Å². The molecule has 0 aliphatic carbocycles. The summed E-state index contributed by atoms with van der Waals surface area (Å²) in [5.74, 6) is -0.121. The fourth-order valence-corrected chi connectivity index (χ4v) is 2.45. The minimum Gasteiger partial charge on any atom is -0.383 e. The number of unbranched alkanes of at least 4 members (excludes halogenated alkanes) is 9. The third-order valence-corrected chi connectivity index (χ3v) is 3.79. The van der Waals surface area contributed by atoms with Crippen LogP contribution in [0.2, 0.25) is 0 Å². The molecule has 0 spiro atoms. The van der Waals surface area contributed by atoms with Crippen molar-refractivity contribution in [3.8, 4) is 0 Å². The minimum absolute atomic E-state index is 0.0263. The maximum absolute atomic E-state index is 11.1. The third kappa shape index (κ3) is 11.1. The highest BCUT2D eigenvalue weighted by Crippen LogP contribution is 2.15. The molecule has 0 heterocycles. The minimum atomic E-state index is -0.147. The highest BCUT2D eigenvalue weighted by atomic mass is 79.9. The number of carbonyl (C=O) groups excluding carboxylic acids is 1. The Labute approximate surface area is 121 Å². The third-order valence-electron chi connectivity index (χ3n) is 3.47. The van der Waals surface area contributed by atoms with Crippen molar-refractivity contribution in [3.05, 3.63) is 0 Å². The lowest BCUT2D eigenvalue weighted by Crippen LogP contribution is -2.09. The monoisotopic (exact) mass is 320 g/mol. The topological polar surface area (TPSA) is 26.3 Å². The summed E-state index contributed by atoms with van der Waals surface area (Å²) in [6.07, 6.45) is 14.3. The van der Waals surface area contributed by atoms with Gasteiger partial charge in [0, 0.05) is 0 Å². The lowest BCUT2D eigenvalue weighted by molar-refractivity contribution is -0.136. The molecule has 1 atom stereocenters. The molecule has 0 radical (unpaired) electrons. The van der Waals surface area contributed by atoms with E-state index in [9.17, 15) is 4.79 Å². The highest BCUT2D eigenvalue weighted by molar-refractivity contribution is 9.06. The Kier molecular flexibility index (Phi) is 13.3. The van der Waals surface area contributed by atoms with E-state index in [1.807, 2.05) is 6.92 Å². The molecule has 0 bridgehead atoms. The van der Waals surface area contributed by atoms with Crippen LogP contribution in [0.5, 0.6) is 0 Å². The summed E-state index contributed by atoms with van der Waals surface area (Å²) in [7, 11) is 0. The Morgan fingerprint density at radius 2 is 1.39 bits per heavy atom. The van der Waals surface area contributed by atoms with Crippen LogP contribution in [0.3, 0.4) is 0 Å². The molecule has 0 fully saturated rings. The molecular weight excluding hydrogens is 292 g/mol. The van der Waals surface area contributed by atoms with Gasteiger partial charge >= 0.3 is 5.97 Å². The number of carbonyl (C=O) groups is 1. The van der Waals surface area contributed by atoms with E-state index in [2.05, 4.69) is 27.0 Å². The Balaban J connectivity index is 3.14. The Bertz CT molecular complexity index is 195. The van der Waals surface area contributed by atoms with Gasteiger partial charge in [0.1, 0.15) is 0 Å². The molecule has 0 saturated carbocycles. The Morgan fingerprint density at radius 1 is 0.944 bits per heavy atom. The van der Waals surface area contributed by atoms with Crippen molar-refractivity contribution in [2.24, 2.45) is 5.92 Å². The summed E-state index contributed by atoms with van der Waals surface area (Å²) in [4.78, 5) is 11.1. The molecular formula is C15H29BrO2. The van der Waals surface area contributed by atoms with Crippen molar-refractivity contribution in [2.75, 3.05) is 0 Å². The summed E-state index contributed by atoms with van der Waals surface area (Å²) in [5, 5.41) is 0. The maximum Gasteiger partial charge on any atom is 0.320 e. The first-order valence-corrected chi connectivity index (χ1v) is 8.19. The molecule has 108 valence electrons. The molecule has 0 rings (SSSR count). The molecule has 0 amide bonds. The summed E-state index contributed by atoms with van der Waals surface area (Å²) >= 11 is 2.73. The van der Waals surface area contributed by atoms with Crippen LogP contribution in [0, 0.1) is 5.92 Å². The summed E-state index contributed by atoms with van der Waals surface area (Å²) in [5.41, 5.74) is 0. The first-order chi connectivity index (χ1) is 8.72. The van der Waals surface area contributed by atoms with Crippen LogP contribution >= 0.6 is 16.3 Å². The zero-order chi connectivity index (χ0) is 13.6. The fourth-order valence-electron chi connectivity index (χ4n) is 2.13. The van der Waals surface area contributed by atoms with E-state index in [4.69, 9.17) is 0 Å². The highest BCUT2D eigenvalue weighted by Gasteiger charge is 2.12. The second kappa shape index (κ2) is 13.4. The van der Waals surface area contributed by atoms with Crippen LogP contribution in [-0.2, 0) is 8.62 Å². The van der Waals surface area contributed by atoms with Gasteiger partial charge in [0.25, 0.3) is 0 Å². The first kappa shape index (κ1) is 17.9. The predicted molar refractivity (Wildman–Crippen MR) is 80.6 cm³/mol. The molecule has 0 aliphatic rings. The molecule has 3 heteroatoms. The smallest absolute Gasteiger partial charge is 0.320 e. The largest absolute Gasteiger partial charge is 0.383 e. The Morgan fingerprint density at radius 3 is 1.83 bits per heavy atom. The van der Waals surface area contributed by atoms with Gasteiger partial charge in [-0.05, 0) is 6.42 Å². The molecule has 0 N–H and O–H groups in total. The summed E-state index contributed by atoms with van der Waals surface area (Å²) < 4.78 is 4.53. The standard InChI is InChI=1S/C15H29BrO2/c1-3-4-5-6-7-8-9-10-11-12-13-14(2)15(17)18-16/h14H,3-13H2,1-2H3. The van der Waals surface area contributed by atoms with Gasteiger partial charge < -0.3 is 3.83 Å². The zero-order valence-corrected chi connectivity index (χ0v) is 13.6. The second-order valence-electron chi connectivity index (χ2n) is 5.27. The Hall–Kier alpha value is -0.0500. The number of hydrogen-bond donors (Lipinski definition) is 0. The maximum atomic E-state index is 11.1. The molecule has 0 aromatic rings. The predicted octanol–water partition coefficient (Wildman–Crippen LogP) is 5.79. The van der Waals surface area contributed by atoms with Crippen molar-refractivity contribution < 1.29 is 8.62 Å². The molecule has 0 aromatic heterocycles. The van der Waals surface area contributed by atoms with E-state index >= 15 is 0 Å². The molecule has 0 aromatic carbocycles. The van der Waals surface area contributed by atoms with Crippen molar-refractivity contribution in [1.29, 1.82) is 0 Å². The summed E-state index contributed by atoms with van der Waals surface area (Å²) in [6, 6.07) is 0. The quantitative estimate of drug-likeness (QED) is 0.425. The van der Waals surface area contributed by atoms with Crippen molar-refractivity contribution in [1.82, 2.24) is 0 Å². The summed E-state index contributed by atoms with van der Waals surface area (Å²) in [6.45, 7) is 4.18. The van der Waals surface area contributed by atoms with Crippen LogP contribution in [-0.4, -0.2) is 5.97 Å². The van der Waals surface area contributed by atoms with Gasteiger partial charge in [-0.1, -0.05) is 78.1 Å². The number of halogens is 1. The molecule has 0 saturated heterocycles.